The van der Waals surface area contributed by atoms with E-state index in [4.69, 9.17) is 14.2 Å². The van der Waals surface area contributed by atoms with E-state index < -0.39 is 0 Å². The Morgan fingerprint density at radius 3 is 2.45 bits per heavy atom. The molecule has 5 rings (SSSR count). The Labute approximate surface area is 223 Å². The molecule has 0 saturated carbocycles. The highest BCUT2D eigenvalue weighted by atomic mass is 32.1. The van der Waals surface area contributed by atoms with Gasteiger partial charge < -0.3 is 19.3 Å². The molecule has 2 heterocycles. The van der Waals surface area contributed by atoms with Crippen LogP contribution in [-0.4, -0.2) is 41.7 Å². The molecule has 0 radical (unpaired) electrons. The van der Waals surface area contributed by atoms with E-state index in [1.165, 1.54) is 15.9 Å². The monoisotopic (exact) mass is 527 g/mol. The lowest BCUT2D eigenvalue weighted by molar-refractivity contribution is 0.340. The van der Waals surface area contributed by atoms with Gasteiger partial charge in [-0.1, -0.05) is 18.2 Å². The van der Waals surface area contributed by atoms with Crippen molar-refractivity contribution >= 4 is 33.5 Å². The zero-order valence-corrected chi connectivity index (χ0v) is 21.9. The van der Waals surface area contributed by atoms with Gasteiger partial charge in [0.2, 0.25) is 11.0 Å². The summed E-state index contributed by atoms with van der Waals surface area (Å²) < 4.78 is 17.5. The highest BCUT2D eigenvalue weighted by molar-refractivity contribution is 7.13. The standard InChI is InChI=1S/C29H25N3O5S/c1-4-37-20-12-10-19(11-13-20)32-27(33)22-8-6-5-7-21(22)23(28(32)34)16-30-29-31-24(17-38-29)18-9-14-25(35-2)26(15-18)36-3/h5-17,34H,4H2,1-3H3. The lowest BCUT2D eigenvalue weighted by Crippen LogP contribution is -2.20. The maximum Gasteiger partial charge on any atom is 0.265 e. The third kappa shape index (κ3) is 4.71. The van der Waals surface area contributed by atoms with Crippen LogP contribution in [0.2, 0.25) is 0 Å². The van der Waals surface area contributed by atoms with E-state index in [-0.39, 0.29) is 11.4 Å². The van der Waals surface area contributed by atoms with Crippen molar-refractivity contribution in [3.05, 3.63) is 88.0 Å². The molecular formula is C29H25N3O5S. The summed E-state index contributed by atoms with van der Waals surface area (Å²) in [5.41, 5.74) is 2.19. The average molecular weight is 528 g/mol. The van der Waals surface area contributed by atoms with Crippen LogP contribution in [0.4, 0.5) is 5.13 Å². The molecule has 0 fully saturated rings. The Bertz CT molecular complexity index is 1690. The minimum absolute atomic E-state index is 0.210. The van der Waals surface area contributed by atoms with Gasteiger partial charge in [-0.2, -0.15) is 0 Å². The summed E-state index contributed by atoms with van der Waals surface area (Å²) in [6.45, 7) is 2.43. The van der Waals surface area contributed by atoms with E-state index >= 15 is 0 Å². The molecule has 0 saturated heterocycles. The van der Waals surface area contributed by atoms with E-state index in [0.29, 0.717) is 51.0 Å². The normalized spacial score (nSPS) is 11.2. The maximum atomic E-state index is 13.3. The van der Waals surface area contributed by atoms with Crippen molar-refractivity contribution in [1.29, 1.82) is 0 Å². The second kappa shape index (κ2) is 10.8. The number of methoxy groups -OCH3 is 2. The van der Waals surface area contributed by atoms with Crippen LogP contribution in [0.5, 0.6) is 23.1 Å². The first-order valence-corrected chi connectivity index (χ1v) is 12.7. The number of aromatic nitrogens is 2. The third-order valence-electron chi connectivity index (χ3n) is 5.98. The van der Waals surface area contributed by atoms with E-state index in [1.807, 2.05) is 36.6 Å². The molecule has 0 spiro atoms. The predicted octanol–water partition coefficient (Wildman–Crippen LogP) is 5.99. The van der Waals surface area contributed by atoms with E-state index in [2.05, 4.69) is 9.98 Å². The molecule has 0 aliphatic rings. The summed E-state index contributed by atoms with van der Waals surface area (Å²) in [6.07, 6.45) is 1.54. The van der Waals surface area contributed by atoms with Crippen LogP contribution in [0.25, 0.3) is 27.7 Å². The van der Waals surface area contributed by atoms with Crippen LogP contribution < -0.4 is 19.8 Å². The average Bonchev–Trinajstić information content (AvgIpc) is 3.43. The molecule has 2 aromatic heterocycles. The summed E-state index contributed by atoms with van der Waals surface area (Å²) in [5.74, 6) is 1.71. The van der Waals surface area contributed by atoms with Crippen LogP contribution in [0, 0.1) is 0 Å². The molecule has 0 amide bonds. The molecule has 38 heavy (non-hydrogen) atoms. The molecule has 0 atom stereocenters. The third-order valence-corrected chi connectivity index (χ3v) is 6.73. The number of hydrogen-bond acceptors (Lipinski definition) is 8. The quantitative estimate of drug-likeness (QED) is 0.249. The van der Waals surface area contributed by atoms with Gasteiger partial charge >= 0.3 is 0 Å². The number of ether oxygens (including phenoxy) is 3. The van der Waals surface area contributed by atoms with Gasteiger partial charge in [0.05, 0.1) is 37.8 Å². The first kappa shape index (κ1) is 25.0. The van der Waals surface area contributed by atoms with Crippen molar-refractivity contribution in [1.82, 2.24) is 9.55 Å². The summed E-state index contributed by atoms with van der Waals surface area (Å²) in [5, 5.41) is 14.7. The van der Waals surface area contributed by atoms with Gasteiger partial charge in [0, 0.05) is 27.9 Å². The molecule has 8 nitrogen and oxygen atoms in total. The molecule has 0 bridgehead atoms. The van der Waals surface area contributed by atoms with Crippen molar-refractivity contribution in [2.45, 2.75) is 6.92 Å². The number of aromatic hydroxyl groups is 1. The molecule has 0 unspecified atom stereocenters. The molecule has 0 aliphatic heterocycles. The Morgan fingerprint density at radius 2 is 1.74 bits per heavy atom. The second-order valence-electron chi connectivity index (χ2n) is 8.19. The summed E-state index contributed by atoms with van der Waals surface area (Å²) in [6, 6.07) is 19.7. The molecule has 3 aromatic carbocycles. The fourth-order valence-electron chi connectivity index (χ4n) is 4.16. The summed E-state index contributed by atoms with van der Waals surface area (Å²) >= 11 is 1.36. The Kier molecular flexibility index (Phi) is 7.10. The lowest BCUT2D eigenvalue weighted by atomic mass is 10.1. The van der Waals surface area contributed by atoms with E-state index in [0.717, 1.165) is 11.3 Å². The van der Waals surface area contributed by atoms with Crippen LogP contribution in [0.1, 0.15) is 12.5 Å². The van der Waals surface area contributed by atoms with Gasteiger partial charge in [-0.15, -0.1) is 11.3 Å². The van der Waals surface area contributed by atoms with Gasteiger partial charge in [-0.25, -0.2) is 14.5 Å². The van der Waals surface area contributed by atoms with Crippen molar-refractivity contribution in [2.24, 2.45) is 4.99 Å². The molecule has 0 aliphatic carbocycles. The maximum absolute atomic E-state index is 13.3. The minimum Gasteiger partial charge on any atom is -0.494 e. The SMILES string of the molecule is CCOc1ccc(-n2c(O)c(C=Nc3nc(-c4ccc(OC)c(OC)c4)cs3)c3ccccc3c2=O)cc1. The van der Waals surface area contributed by atoms with Crippen molar-refractivity contribution in [3.63, 3.8) is 0 Å². The zero-order chi connectivity index (χ0) is 26.6. The first-order valence-electron chi connectivity index (χ1n) is 11.9. The molecular weight excluding hydrogens is 502 g/mol. The number of aliphatic imine (C=N–C) groups is 1. The van der Waals surface area contributed by atoms with Crippen molar-refractivity contribution in [3.8, 4) is 40.1 Å². The first-order chi connectivity index (χ1) is 18.5. The van der Waals surface area contributed by atoms with Crippen LogP contribution in [-0.2, 0) is 0 Å². The number of hydrogen-bond donors (Lipinski definition) is 1. The Hall–Kier alpha value is -4.63. The predicted molar refractivity (Wildman–Crippen MR) is 150 cm³/mol. The second-order valence-corrected chi connectivity index (χ2v) is 9.03. The zero-order valence-electron chi connectivity index (χ0n) is 21.0. The fraction of sp³-hybridized carbons (Fsp3) is 0.138. The topological polar surface area (TPSA) is 95.2 Å². The number of fused-ring (bicyclic) bond motifs is 1. The summed E-state index contributed by atoms with van der Waals surface area (Å²) in [4.78, 5) is 22.5. The van der Waals surface area contributed by atoms with Crippen LogP contribution in [0.3, 0.4) is 0 Å². The molecule has 9 heteroatoms. The highest BCUT2D eigenvalue weighted by Crippen LogP contribution is 2.34. The van der Waals surface area contributed by atoms with Gasteiger partial charge in [0.1, 0.15) is 5.75 Å². The fourth-order valence-corrected chi connectivity index (χ4v) is 4.83. The smallest absolute Gasteiger partial charge is 0.265 e. The van der Waals surface area contributed by atoms with Gasteiger partial charge in [0.25, 0.3) is 5.56 Å². The Balaban J connectivity index is 1.55. The lowest BCUT2D eigenvalue weighted by Gasteiger charge is -2.14. The van der Waals surface area contributed by atoms with Crippen LogP contribution in [0.15, 0.2) is 81.9 Å². The number of thiazole rings is 1. The minimum atomic E-state index is -0.329. The highest BCUT2D eigenvalue weighted by Gasteiger charge is 2.17. The van der Waals surface area contributed by atoms with Crippen LogP contribution >= 0.6 is 11.3 Å². The number of pyridine rings is 1. The Morgan fingerprint density at radius 1 is 1.00 bits per heavy atom. The van der Waals surface area contributed by atoms with E-state index in [1.54, 1.807) is 62.9 Å². The van der Waals surface area contributed by atoms with Gasteiger partial charge in [-0.3, -0.25) is 4.79 Å². The molecule has 5 aromatic rings. The molecule has 192 valence electrons. The summed E-state index contributed by atoms with van der Waals surface area (Å²) in [7, 11) is 3.17. The number of nitrogens with zero attached hydrogens (tertiary/aromatic N) is 3. The van der Waals surface area contributed by atoms with Crippen molar-refractivity contribution in [2.75, 3.05) is 20.8 Å². The van der Waals surface area contributed by atoms with Gasteiger partial charge in [-0.05, 0) is 55.5 Å². The van der Waals surface area contributed by atoms with Crippen molar-refractivity contribution < 1.29 is 19.3 Å². The molecule has 1 N–H and O–H groups in total. The van der Waals surface area contributed by atoms with E-state index in [9.17, 15) is 9.90 Å². The largest absolute Gasteiger partial charge is 0.494 e. The number of benzene rings is 3. The number of rotatable bonds is 8. The van der Waals surface area contributed by atoms with Gasteiger partial charge in [0.15, 0.2) is 11.5 Å².